The molecule has 1 aromatic heterocycles. The van der Waals surface area contributed by atoms with Crippen molar-refractivity contribution in [3.8, 4) is 5.75 Å². The molecule has 0 radical (unpaired) electrons. The van der Waals surface area contributed by atoms with Crippen LogP contribution in [-0.2, 0) is 6.54 Å². The number of allylic oxidation sites excluding steroid dienone is 1. The number of Topliss-reactive ketones (excluding diaryl/α,β-unsaturated/α-hetero) is 1. The first-order valence-electron chi connectivity index (χ1n) is 7.14. The van der Waals surface area contributed by atoms with Gasteiger partial charge in [0.1, 0.15) is 5.75 Å². The highest BCUT2D eigenvalue weighted by Gasteiger charge is 2.15. The van der Waals surface area contributed by atoms with Crippen molar-refractivity contribution in [1.82, 2.24) is 4.57 Å². The molecule has 0 N–H and O–H groups in total. The molecule has 116 valence electrons. The lowest BCUT2D eigenvalue weighted by Crippen LogP contribution is -2.06. The van der Waals surface area contributed by atoms with Gasteiger partial charge >= 0.3 is 0 Å². The van der Waals surface area contributed by atoms with E-state index in [9.17, 15) is 4.79 Å². The van der Waals surface area contributed by atoms with Gasteiger partial charge < -0.3 is 9.30 Å². The molecule has 4 heteroatoms. The van der Waals surface area contributed by atoms with E-state index in [0.717, 1.165) is 34.1 Å². The van der Waals surface area contributed by atoms with E-state index in [1.165, 1.54) is 0 Å². The van der Waals surface area contributed by atoms with E-state index < -0.39 is 0 Å². The topological polar surface area (TPSA) is 31.2 Å². The number of benzene rings is 1. The Kier molecular flexibility index (Phi) is 5.50. The third-order valence-electron chi connectivity index (χ3n) is 3.62. The lowest BCUT2D eigenvalue weighted by atomic mass is 10.2. The molecule has 0 fully saturated rings. The van der Waals surface area contributed by atoms with E-state index in [0.29, 0.717) is 5.75 Å². The van der Waals surface area contributed by atoms with Crippen LogP contribution in [0.15, 0.2) is 47.9 Å². The minimum atomic E-state index is 0.157. The van der Waals surface area contributed by atoms with Crippen LogP contribution in [-0.4, -0.2) is 23.2 Å². The third kappa shape index (κ3) is 3.63. The number of aromatic nitrogens is 1. The molecule has 0 saturated heterocycles. The number of rotatable bonds is 7. The van der Waals surface area contributed by atoms with E-state index >= 15 is 0 Å². The predicted molar refractivity (Wildman–Crippen MR) is 92.2 cm³/mol. The molecule has 2 rings (SSSR count). The Morgan fingerprint density at radius 1 is 1.32 bits per heavy atom. The Morgan fingerprint density at radius 2 is 2.00 bits per heavy atom. The maximum atomic E-state index is 12.4. The summed E-state index contributed by atoms with van der Waals surface area (Å²) in [5.41, 5.74) is 2.91. The number of ketones is 1. The van der Waals surface area contributed by atoms with Gasteiger partial charge in [0, 0.05) is 28.4 Å². The van der Waals surface area contributed by atoms with Gasteiger partial charge in [-0.2, -0.15) is 0 Å². The molecule has 0 amide bonds. The fourth-order valence-electron chi connectivity index (χ4n) is 2.39. The number of thioether (sulfide) groups is 1. The second-order valence-corrected chi connectivity index (χ2v) is 6.12. The van der Waals surface area contributed by atoms with Crippen LogP contribution >= 0.6 is 11.8 Å². The van der Waals surface area contributed by atoms with Gasteiger partial charge in [-0.1, -0.05) is 6.08 Å². The fraction of sp³-hybridized carbons (Fsp3) is 0.278. The molecule has 1 heterocycles. The average molecular weight is 315 g/mol. The van der Waals surface area contributed by atoms with E-state index in [1.807, 2.05) is 50.3 Å². The first-order valence-corrected chi connectivity index (χ1v) is 8.13. The van der Waals surface area contributed by atoms with Crippen LogP contribution in [0, 0.1) is 13.8 Å². The minimum Gasteiger partial charge on any atom is -0.497 e. The van der Waals surface area contributed by atoms with Crippen LogP contribution in [0.4, 0.5) is 0 Å². The molecule has 0 aliphatic rings. The Labute approximate surface area is 136 Å². The van der Waals surface area contributed by atoms with Crippen LogP contribution in [0.5, 0.6) is 5.75 Å². The zero-order chi connectivity index (χ0) is 16.1. The van der Waals surface area contributed by atoms with Gasteiger partial charge in [0.15, 0.2) is 5.78 Å². The van der Waals surface area contributed by atoms with Crippen molar-refractivity contribution >= 4 is 17.5 Å². The van der Waals surface area contributed by atoms with Crippen molar-refractivity contribution in [2.75, 3.05) is 12.9 Å². The molecule has 22 heavy (non-hydrogen) atoms. The molecule has 0 atom stereocenters. The largest absolute Gasteiger partial charge is 0.497 e. The fourth-order valence-corrected chi connectivity index (χ4v) is 3.17. The first-order chi connectivity index (χ1) is 10.6. The monoisotopic (exact) mass is 315 g/mol. The summed E-state index contributed by atoms with van der Waals surface area (Å²) in [6.07, 6.45) is 1.85. The van der Waals surface area contributed by atoms with Crippen molar-refractivity contribution in [3.63, 3.8) is 0 Å². The highest BCUT2D eigenvalue weighted by atomic mass is 32.2. The summed E-state index contributed by atoms with van der Waals surface area (Å²) in [6.45, 7) is 8.50. The van der Waals surface area contributed by atoms with Gasteiger partial charge in [0.25, 0.3) is 0 Å². The SMILES string of the molecule is C=CCn1c(C)cc(C(=O)CSc2ccc(OC)cc2)c1C. The zero-order valence-electron chi connectivity index (χ0n) is 13.3. The number of hydrogen-bond donors (Lipinski definition) is 0. The molecule has 0 aliphatic heterocycles. The second kappa shape index (κ2) is 7.36. The van der Waals surface area contributed by atoms with Crippen molar-refractivity contribution in [2.45, 2.75) is 25.3 Å². The number of nitrogens with zero attached hydrogens (tertiary/aromatic N) is 1. The Bertz CT molecular complexity index is 671. The van der Waals surface area contributed by atoms with Gasteiger partial charge in [-0.3, -0.25) is 4.79 Å². The maximum absolute atomic E-state index is 12.4. The number of methoxy groups -OCH3 is 1. The maximum Gasteiger partial charge on any atom is 0.174 e. The summed E-state index contributed by atoms with van der Waals surface area (Å²) in [6, 6.07) is 9.72. The van der Waals surface area contributed by atoms with E-state index in [-0.39, 0.29) is 5.78 Å². The molecule has 0 aliphatic carbocycles. The van der Waals surface area contributed by atoms with Crippen LogP contribution in [0.2, 0.25) is 0 Å². The van der Waals surface area contributed by atoms with Crippen LogP contribution in [0.1, 0.15) is 21.7 Å². The number of aryl methyl sites for hydroxylation is 1. The molecular formula is C18H21NO2S. The molecule has 0 spiro atoms. The van der Waals surface area contributed by atoms with E-state index in [1.54, 1.807) is 18.9 Å². The van der Waals surface area contributed by atoms with E-state index in [2.05, 4.69) is 11.1 Å². The highest BCUT2D eigenvalue weighted by Crippen LogP contribution is 2.24. The summed E-state index contributed by atoms with van der Waals surface area (Å²) >= 11 is 1.55. The standard InChI is InChI=1S/C18H21NO2S/c1-5-10-19-13(2)11-17(14(19)3)18(20)12-22-16-8-6-15(21-4)7-9-16/h5-9,11H,1,10,12H2,2-4H3. The van der Waals surface area contributed by atoms with Gasteiger partial charge in [0.05, 0.1) is 12.9 Å². The molecule has 0 bridgehead atoms. The minimum absolute atomic E-state index is 0.157. The lowest BCUT2D eigenvalue weighted by molar-refractivity contribution is 0.102. The van der Waals surface area contributed by atoms with Crippen molar-refractivity contribution < 1.29 is 9.53 Å². The third-order valence-corrected chi connectivity index (χ3v) is 4.63. The summed E-state index contributed by atoms with van der Waals surface area (Å²) in [7, 11) is 1.64. The molecule has 0 saturated carbocycles. The number of carbonyl (C=O) groups excluding carboxylic acids is 1. The second-order valence-electron chi connectivity index (χ2n) is 5.07. The van der Waals surface area contributed by atoms with E-state index in [4.69, 9.17) is 4.74 Å². The number of hydrogen-bond acceptors (Lipinski definition) is 3. The zero-order valence-corrected chi connectivity index (χ0v) is 14.1. The van der Waals surface area contributed by atoms with Crippen molar-refractivity contribution in [2.24, 2.45) is 0 Å². The van der Waals surface area contributed by atoms with Gasteiger partial charge in [-0.15, -0.1) is 18.3 Å². The summed E-state index contributed by atoms with van der Waals surface area (Å²) in [4.78, 5) is 13.5. The molecular weight excluding hydrogens is 294 g/mol. The Morgan fingerprint density at radius 3 is 2.59 bits per heavy atom. The van der Waals surface area contributed by atoms with Crippen LogP contribution in [0.3, 0.4) is 0 Å². The van der Waals surface area contributed by atoms with Gasteiger partial charge in [0.2, 0.25) is 0 Å². The Hall–Kier alpha value is -1.94. The summed E-state index contributed by atoms with van der Waals surface area (Å²) in [5, 5.41) is 0. The van der Waals surface area contributed by atoms with Crippen molar-refractivity contribution in [1.29, 1.82) is 0 Å². The van der Waals surface area contributed by atoms with Gasteiger partial charge in [-0.25, -0.2) is 0 Å². The number of carbonyl (C=O) groups is 1. The summed E-state index contributed by atoms with van der Waals surface area (Å²) < 4.78 is 7.24. The first kappa shape index (κ1) is 16.4. The van der Waals surface area contributed by atoms with Crippen LogP contribution < -0.4 is 4.74 Å². The average Bonchev–Trinajstić information content (AvgIpc) is 2.81. The van der Waals surface area contributed by atoms with Crippen molar-refractivity contribution in [3.05, 3.63) is 59.9 Å². The van der Waals surface area contributed by atoms with Crippen LogP contribution in [0.25, 0.3) is 0 Å². The predicted octanol–water partition coefficient (Wildman–Crippen LogP) is 4.27. The summed E-state index contributed by atoms with van der Waals surface area (Å²) in [5.74, 6) is 1.41. The normalized spacial score (nSPS) is 10.5. The molecule has 2 aromatic rings. The Balaban J connectivity index is 2.05. The lowest BCUT2D eigenvalue weighted by Gasteiger charge is -2.06. The highest BCUT2D eigenvalue weighted by molar-refractivity contribution is 8.00. The molecule has 0 unspecified atom stereocenters. The van der Waals surface area contributed by atoms with Gasteiger partial charge in [-0.05, 0) is 44.2 Å². The smallest absolute Gasteiger partial charge is 0.174 e. The molecule has 1 aromatic carbocycles. The number of ether oxygens (including phenoxy) is 1. The molecule has 3 nitrogen and oxygen atoms in total. The quantitative estimate of drug-likeness (QED) is 0.434.